The van der Waals surface area contributed by atoms with Gasteiger partial charge in [0.25, 0.3) is 0 Å². The van der Waals surface area contributed by atoms with E-state index in [0.29, 0.717) is 23.3 Å². The molecule has 26 heavy (non-hydrogen) atoms. The van der Waals surface area contributed by atoms with Gasteiger partial charge in [0.15, 0.2) is 9.84 Å². The monoisotopic (exact) mass is 371 g/mol. The van der Waals surface area contributed by atoms with Gasteiger partial charge in [-0.2, -0.15) is 0 Å². The quantitative estimate of drug-likeness (QED) is 0.633. The van der Waals surface area contributed by atoms with E-state index in [4.69, 9.17) is 4.74 Å². The number of unbranched alkanes of at least 4 members (excludes halogenated alkanes) is 1. The van der Waals surface area contributed by atoms with Crippen LogP contribution in [-0.4, -0.2) is 31.2 Å². The molecule has 3 rings (SSSR count). The summed E-state index contributed by atoms with van der Waals surface area (Å²) in [5, 5.41) is 3.88. The van der Waals surface area contributed by atoms with Crippen LogP contribution < -0.4 is 10.1 Å². The highest BCUT2D eigenvalue weighted by molar-refractivity contribution is 7.90. The number of benzene rings is 2. The number of anilines is 2. The van der Waals surface area contributed by atoms with Crippen molar-refractivity contribution in [3.8, 4) is 5.75 Å². The van der Waals surface area contributed by atoms with Crippen LogP contribution in [0.15, 0.2) is 53.7 Å². The minimum Gasteiger partial charge on any atom is -0.494 e. The van der Waals surface area contributed by atoms with Crippen LogP contribution in [0.2, 0.25) is 0 Å². The second-order valence-electron chi connectivity index (χ2n) is 6.03. The highest BCUT2D eigenvalue weighted by Crippen LogP contribution is 2.27. The summed E-state index contributed by atoms with van der Waals surface area (Å²) >= 11 is 0. The molecule has 3 aromatic rings. The van der Waals surface area contributed by atoms with E-state index in [1.165, 1.54) is 12.6 Å². The highest BCUT2D eigenvalue weighted by Gasteiger charge is 2.11. The number of nitrogens with one attached hydrogen (secondary N) is 1. The zero-order valence-corrected chi connectivity index (χ0v) is 15.6. The number of nitrogens with zero attached hydrogens (tertiary/aromatic N) is 2. The second kappa shape index (κ2) is 7.70. The summed E-state index contributed by atoms with van der Waals surface area (Å²) in [6.45, 7) is 2.79. The Morgan fingerprint density at radius 3 is 2.73 bits per heavy atom. The molecule has 0 radical (unpaired) electrons. The molecule has 1 N–H and O–H groups in total. The third kappa shape index (κ3) is 4.29. The molecule has 0 spiro atoms. The minimum absolute atomic E-state index is 0.236. The van der Waals surface area contributed by atoms with E-state index in [-0.39, 0.29) is 4.90 Å². The number of fused-ring (bicyclic) bond motifs is 1. The first-order valence-corrected chi connectivity index (χ1v) is 10.3. The Hall–Kier alpha value is -2.67. The SMILES string of the molecule is CCCCOc1cccc(Nc2ncnc3ccc(S(C)(=O)=O)cc23)c1. The van der Waals surface area contributed by atoms with Crippen molar-refractivity contribution in [2.45, 2.75) is 24.7 Å². The molecule has 0 amide bonds. The maximum Gasteiger partial charge on any atom is 0.175 e. The molecule has 7 heteroatoms. The molecular formula is C19H21N3O3S. The Labute approximate surface area is 153 Å². The van der Waals surface area contributed by atoms with Crippen molar-refractivity contribution in [1.82, 2.24) is 9.97 Å². The smallest absolute Gasteiger partial charge is 0.175 e. The van der Waals surface area contributed by atoms with Crippen LogP contribution in [0.5, 0.6) is 5.75 Å². The summed E-state index contributed by atoms with van der Waals surface area (Å²) < 4.78 is 29.4. The van der Waals surface area contributed by atoms with Gasteiger partial charge in [-0.1, -0.05) is 19.4 Å². The maximum absolute atomic E-state index is 11.8. The summed E-state index contributed by atoms with van der Waals surface area (Å²) in [5.41, 5.74) is 1.48. The molecule has 0 aliphatic heterocycles. The van der Waals surface area contributed by atoms with Gasteiger partial charge in [0, 0.05) is 23.4 Å². The van der Waals surface area contributed by atoms with Crippen molar-refractivity contribution in [3.05, 3.63) is 48.8 Å². The van der Waals surface area contributed by atoms with Gasteiger partial charge in [-0.3, -0.25) is 0 Å². The summed E-state index contributed by atoms with van der Waals surface area (Å²) in [7, 11) is -3.31. The summed E-state index contributed by atoms with van der Waals surface area (Å²) in [4.78, 5) is 8.71. The molecule has 0 unspecified atom stereocenters. The van der Waals surface area contributed by atoms with Crippen molar-refractivity contribution in [2.24, 2.45) is 0 Å². The molecule has 0 saturated heterocycles. The maximum atomic E-state index is 11.8. The van der Waals surface area contributed by atoms with E-state index in [1.54, 1.807) is 18.2 Å². The normalized spacial score (nSPS) is 11.5. The number of hydrogen-bond acceptors (Lipinski definition) is 6. The minimum atomic E-state index is -3.31. The molecule has 136 valence electrons. The lowest BCUT2D eigenvalue weighted by Gasteiger charge is -2.11. The van der Waals surface area contributed by atoms with Gasteiger partial charge in [0.2, 0.25) is 0 Å². The molecule has 6 nitrogen and oxygen atoms in total. The third-order valence-electron chi connectivity index (χ3n) is 3.90. The Bertz CT molecular complexity index is 1020. The van der Waals surface area contributed by atoms with E-state index in [1.807, 2.05) is 24.3 Å². The molecule has 0 aliphatic carbocycles. The van der Waals surface area contributed by atoms with Crippen LogP contribution in [0.4, 0.5) is 11.5 Å². The lowest BCUT2D eigenvalue weighted by Crippen LogP contribution is -2.00. The molecule has 0 aliphatic rings. The molecule has 2 aromatic carbocycles. The Kier molecular flexibility index (Phi) is 5.37. The van der Waals surface area contributed by atoms with Crippen LogP contribution in [0, 0.1) is 0 Å². The Morgan fingerprint density at radius 1 is 1.12 bits per heavy atom. The number of ether oxygens (including phenoxy) is 1. The van der Waals surface area contributed by atoms with Gasteiger partial charge in [-0.15, -0.1) is 0 Å². The van der Waals surface area contributed by atoms with Crippen LogP contribution in [0.3, 0.4) is 0 Å². The van der Waals surface area contributed by atoms with Crippen LogP contribution in [0.1, 0.15) is 19.8 Å². The van der Waals surface area contributed by atoms with Crippen LogP contribution >= 0.6 is 0 Å². The van der Waals surface area contributed by atoms with Crippen molar-refractivity contribution in [2.75, 3.05) is 18.2 Å². The first-order chi connectivity index (χ1) is 12.5. The average molecular weight is 371 g/mol. The molecule has 0 saturated carbocycles. The second-order valence-corrected chi connectivity index (χ2v) is 8.04. The highest BCUT2D eigenvalue weighted by atomic mass is 32.2. The summed E-state index contributed by atoms with van der Waals surface area (Å²) in [5.74, 6) is 1.32. The largest absolute Gasteiger partial charge is 0.494 e. The number of hydrogen-bond donors (Lipinski definition) is 1. The van der Waals surface area contributed by atoms with E-state index in [9.17, 15) is 8.42 Å². The first-order valence-electron chi connectivity index (χ1n) is 8.42. The van der Waals surface area contributed by atoms with E-state index in [0.717, 1.165) is 24.3 Å². The summed E-state index contributed by atoms with van der Waals surface area (Å²) in [6, 6.07) is 12.4. The molecular weight excluding hydrogens is 350 g/mol. The number of aromatic nitrogens is 2. The molecule has 0 fully saturated rings. The first kappa shape index (κ1) is 18.1. The van der Waals surface area contributed by atoms with Crippen molar-refractivity contribution in [1.29, 1.82) is 0 Å². The molecule has 0 atom stereocenters. The third-order valence-corrected chi connectivity index (χ3v) is 5.01. The fourth-order valence-corrected chi connectivity index (χ4v) is 3.15. The lowest BCUT2D eigenvalue weighted by molar-refractivity contribution is 0.309. The van der Waals surface area contributed by atoms with E-state index >= 15 is 0 Å². The summed E-state index contributed by atoms with van der Waals surface area (Å²) in [6.07, 6.45) is 4.71. The van der Waals surface area contributed by atoms with Gasteiger partial charge in [-0.05, 0) is 36.8 Å². The van der Waals surface area contributed by atoms with E-state index in [2.05, 4.69) is 22.2 Å². The topological polar surface area (TPSA) is 81.2 Å². The number of rotatable bonds is 7. The van der Waals surface area contributed by atoms with Crippen molar-refractivity contribution >= 4 is 32.2 Å². The van der Waals surface area contributed by atoms with Crippen molar-refractivity contribution < 1.29 is 13.2 Å². The van der Waals surface area contributed by atoms with Gasteiger partial charge >= 0.3 is 0 Å². The van der Waals surface area contributed by atoms with E-state index < -0.39 is 9.84 Å². The Balaban J connectivity index is 1.92. The van der Waals surface area contributed by atoms with Gasteiger partial charge in [0.1, 0.15) is 17.9 Å². The van der Waals surface area contributed by atoms with Gasteiger partial charge < -0.3 is 10.1 Å². The molecule has 1 heterocycles. The zero-order valence-electron chi connectivity index (χ0n) is 14.8. The van der Waals surface area contributed by atoms with Gasteiger partial charge in [-0.25, -0.2) is 18.4 Å². The van der Waals surface area contributed by atoms with Crippen LogP contribution in [-0.2, 0) is 9.84 Å². The fourth-order valence-electron chi connectivity index (χ4n) is 2.50. The Morgan fingerprint density at radius 2 is 1.96 bits per heavy atom. The molecule has 0 bridgehead atoms. The van der Waals surface area contributed by atoms with Gasteiger partial charge in [0.05, 0.1) is 17.0 Å². The zero-order chi connectivity index (χ0) is 18.6. The van der Waals surface area contributed by atoms with Crippen molar-refractivity contribution in [3.63, 3.8) is 0 Å². The molecule has 1 aromatic heterocycles. The fraction of sp³-hybridized carbons (Fsp3) is 0.263. The predicted octanol–water partition coefficient (Wildman–Crippen LogP) is 3.96. The lowest BCUT2D eigenvalue weighted by atomic mass is 10.2. The standard InChI is InChI=1S/C19H21N3O3S/c1-3-4-10-25-15-7-5-6-14(11-15)22-19-17-12-16(26(2,23)24)8-9-18(17)20-13-21-19/h5-9,11-13H,3-4,10H2,1-2H3,(H,20,21,22). The number of sulfone groups is 1. The van der Waals surface area contributed by atoms with Crippen LogP contribution in [0.25, 0.3) is 10.9 Å². The average Bonchev–Trinajstić information content (AvgIpc) is 2.61. The predicted molar refractivity (Wildman–Crippen MR) is 103 cm³/mol.